The van der Waals surface area contributed by atoms with E-state index in [1.807, 2.05) is 40.8 Å². The molecule has 1 saturated carbocycles. The standard InChI is InChI=1S/C15H22INO2/c16-15(19,9-10-17)13-4-1-3-12(11-13)5-8-14(18)6-2-7-14/h1,3-4,11,18-19H,2,5-10,17H2. The van der Waals surface area contributed by atoms with E-state index in [2.05, 4.69) is 6.07 Å². The van der Waals surface area contributed by atoms with Gasteiger partial charge in [-0.25, -0.2) is 0 Å². The van der Waals surface area contributed by atoms with Crippen LogP contribution in [0.5, 0.6) is 0 Å². The van der Waals surface area contributed by atoms with Gasteiger partial charge in [0.2, 0.25) is 0 Å². The molecule has 0 radical (unpaired) electrons. The third kappa shape index (κ3) is 3.90. The van der Waals surface area contributed by atoms with Gasteiger partial charge in [-0.15, -0.1) is 0 Å². The van der Waals surface area contributed by atoms with Gasteiger partial charge in [-0.3, -0.25) is 0 Å². The van der Waals surface area contributed by atoms with E-state index < -0.39 is 9.21 Å². The number of rotatable bonds is 6. The van der Waals surface area contributed by atoms with Gasteiger partial charge >= 0.3 is 0 Å². The van der Waals surface area contributed by atoms with Crippen molar-refractivity contribution in [2.75, 3.05) is 6.54 Å². The molecule has 1 atom stereocenters. The van der Waals surface area contributed by atoms with E-state index in [0.717, 1.165) is 37.7 Å². The van der Waals surface area contributed by atoms with Crippen molar-refractivity contribution in [1.29, 1.82) is 0 Å². The third-order valence-electron chi connectivity index (χ3n) is 4.01. The van der Waals surface area contributed by atoms with E-state index in [1.54, 1.807) is 0 Å². The quantitative estimate of drug-likeness (QED) is 0.529. The van der Waals surface area contributed by atoms with Crippen molar-refractivity contribution in [3.63, 3.8) is 0 Å². The minimum absolute atomic E-state index is 0.437. The minimum Gasteiger partial charge on any atom is -0.390 e. The first kappa shape index (κ1) is 15.2. The summed E-state index contributed by atoms with van der Waals surface area (Å²) in [5.74, 6) is 0. The summed E-state index contributed by atoms with van der Waals surface area (Å²) in [6, 6.07) is 7.99. The smallest absolute Gasteiger partial charge is 0.142 e. The zero-order valence-corrected chi connectivity index (χ0v) is 13.3. The van der Waals surface area contributed by atoms with Crippen LogP contribution >= 0.6 is 22.6 Å². The van der Waals surface area contributed by atoms with Crippen LogP contribution in [-0.4, -0.2) is 22.4 Å². The Morgan fingerprint density at radius 3 is 2.68 bits per heavy atom. The second-order valence-corrected chi connectivity index (χ2v) is 7.36. The van der Waals surface area contributed by atoms with Crippen LogP contribution in [0.25, 0.3) is 0 Å². The SMILES string of the molecule is NCCC(O)(I)c1cccc(CCC2(O)CCC2)c1. The Kier molecular flexibility index (Phi) is 4.87. The maximum atomic E-state index is 10.4. The Morgan fingerprint density at radius 2 is 2.11 bits per heavy atom. The summed E-state index contributed by atoms with van der Waals surface area (Å²) in [7, 11) is 0. The molecular formula is C15H22INO2. The molecule has 4 heteroatoms. The van der Waals surface area contributed by atoms with Crippen molar-refractivity contribution in [3.8, 4) is 0 Å². The average Bonchev–Trinajstić information content (AvgIpc) is 2.34. The predicted molar refractivity (Wildman–Crippen MR) is 85.2 cm³/mol. The van der Waals surface area contributed by atoms with Crippen LogP contribution in [0.1, 0.15) is 43.2 Å². The van der Waals surface area contributed by atoms with E-state index >= 15 is 0 Å². The summed E-state index contributed by atoms with van der Waals surface area (Å²) >= 11 is 2.05. The number of hydrogen-bond donors (Lipinski definition) is 3. The molecule has 1 aliphatic rings. The van der Waals surface area contributed by atoms with Gasteiger partial charge in [-0.1, -0.05) is 24.3 Å². The zero-order valence-electron chi connectivity index (χ0n) is 11.1. The topological polar surface area (TPSA) is 66.5 Å². The zero-order chi connectivity index (χ0) is 13.9. The van der Waals surface area contributed by atoms with Crippen molar-refractivity contribution >= 4 is 22.6 Å². The first-order valence-corrected chi connectivity index (χ1v) is 7.96. The number of aliphatic hydroxyl groups is 2. The van der Waals surface area contributed by atoms with Crippen LogP contribution in [0.2, 0.25) is 0 Å². The van der Waals surface area contributed by atoms with Crippen molar-refractivity contribution in [2.24, 2.45) is 5.73 Å². The number of hydrogen-bond acceptors (Lipinski definition) is 3. The Bertz CT molecular complexity index is 430. The summed E-state index contributed by atoms with van der Waals surface area (Å²) in [4.78, 5) is 0. The van der Waals surface area contributed by atoms with Gasteiger partial charge in [0.05, 0.1) is 5.60 Å². The third-order valence-corrected chi connectivity index (χ3v) is 5.17. The minimum atomic E-state index is -0.893. The number of benzene rings is 1. The van der Waals surface area contributed by atoms with Crippen LogP contribution in [0.4, 0.5) is 0 Å². The predicted octanol–water partition coefficient (Wildman–Crippen LogP) is 2.46. The van der Waals surface area contributed by atoms with Gasteiger partial charge in [0.1, 0.15) is 3.61 Å². The highest BCUT2D eigenvalue weighted by molar-refractivity contribution is 14.1. The summed E-state index contributed by atoms with van der Waals surface area (Å²) < 4.78 is -0.893. The summed E-state index contributed by atoms with van der Waals surface area (Å²) in [6.45, 7) is 0.462. The highest BCUT2D eigenvalue weighted by Gasteiger charge is 2.33. The molecule has 1 fully saturated rings. The fourth-order valence-electron chi connectivity index (χ4n) is 2.51. The molecule has 0 bridgehead atoms. The molecular weight excluding hydrogens is 353 g/mol. The fraction of sp³-hybridized carbons (Fsp3) is 0.600. The van der Waals surface area contributed by atoms with Gasteiger partial charge in [0.25, 0.3) is 0 Å². The lowest BCUT2D eigenvalue weighted by atomic mass is 9.76. The van der Waals surface area contributed by atoms with Gasteiger partial charge in [0, 0.05) is 6.42 Å². The Hall–Kier alpha value is -0.170. The highest BCUT2D eigenvalue weighted by Crippen LogP contribution is 2.36. The van der Waals surface area contributed by atoms with E-state index in [-0.39, 0.29) is 0 Å². The summed E-state index contributed by atoms with van der Waals surface area (Å²) in [5, 5.41) is 20.5. The molecule has 2 rings (SSSR count). The van der Waals surface area contributed by atoms with Crippen LogP contribution in [0, 0.1) is 0 Å². The summed E-state index contributed by atoms with van der Waals surface area (Å²) in [5.41, 5.74) is 7.17. The van der Waals surface area contributed by atoms with Crippen molar-refractivity contribution in [2.45, 2.75) is 47.7 Å². The van der Waals surface area contributed by atoms with Gasteiger partial charge in [0.15, 0.2) is 0 Å². The molecule has 1 unspecified atom stereocenters. The lowest BCUT2D eigenvalue weighted by molar-refractivity contribution is -0.0397. The van der Waals surface area contributed by atoms with Crippen LogP contribution in [0.15, 0.2) is 24.3 Å². The average molecular weight is 375 g/mol. The molecule has 4 N–H and O–H groups in total. The number of nitrogens with two attached hydrogens (primary N) is 1. The van der Waals surface area contributed by atoms with Crippen molar-refractivity contribution in [3.05, 3.63) is 35.4 Å². The van der Waals surface area contributed by atoms with Crippen LogP contribution < -0.4 is 5.73 Å². The lowest BCUT2D eigenvalue weighted by Crippen LogP contribution is -2.37. The normalized spacial score (nSPS) is 20.6. The van der Waals surface area contributed by atoms with E-state index in [1.165, 1.54) is 5.56 Å². The first-order chi connectivity index (χ1) is 8.95. The molecule has 0 heterocycles. The molecule has 1 aliphatic carbocycles. The number of halogens is 1. The van der Waals surface area contributed by atoms with Gasteiger partial charge < -0.3 is 15.9 Å². The largest absolute Gasteiger partial charge is 0.390 e. The number of aryl methyl sites for hydroxylation is 1. The van der Waals surface area contributed by atoms with Crippen LogP contribution in [0.3, 0.4) is 0 Å². The van der Waals surface area contributed by atoms with Gasteiger partial charge in [-0.2, -0.15) is 0 Å². The molecule has 106 valence electrons. The molecule has 19 heavy (non-hydrogen) atoms. The van der Waals surface area contributed by atoms with E-state index in [0.29, 0.717) is 13.0 Å². The van der Waals surface area contributed by atoms with Gasteiger partial charge in [-0.05, 0) is 72.4 Å². The van der Waals surface area contributed by atoms with Crippen molar-refractivity contribution in [1.82, 2.24) is 0 Å². The molecule has 0 aliphatic heterocycles. The highest BCUT2D eigenvalue weighted by atomic mass is 127. The maximum absolute atomic E-state index is 10.4. The summed E-state index contributed by atoms with van der Waals surface area (Å²) in [6.07, 6.45) is 5.21. The Balaban J connectivity index is 2.02. The Morgan fingerprint density at radius 1 is 1.37 bits per heavy atom. The molecule has 1 aromatic rings. The number of alkyl halides is 1. The molecule has 0 aromatic heterocycles. The first-order valence-electron chi connectivity index (χ1n) is 6.88. The molecule has 0 spiro atoms. The maximum Gasteiger partial charge on any atom is 0.142 e. The molecule has 3 nitrogen and oxygen atoms in total. The lowest BCUT2D eigenvalue weighted by Gasteiger charge is -2.36. The fourth-order valence-corrected chi connectivity index (χ4v) is 3.16. The van der Waals surface area contributed by atoms with Crippen LogP contribution in [-0.2, 0) is 10.0 Å². The second-order valence-electron chi connectivity index (χ2n) is 5.58. The molecule has 1 aromatic carbocycles. The Labute approximate surface area is 128 Å². The second kappa shape index (κ2) is 6.08. The monoisotopic (exact) mass is 375 g/mol. The van der Waals surface area contributed by atoms with E-state index in [9.17, 15) is 10.2 Å². The molecule has 0 saturated heterocycles. The molecule has 0 amide bonds. The van der Waals surface area contributed by atoms with E-state index in [4.69, 9.17) is 5.73 Å². The van der Waals surface area contributed by atoms with Crippen molar-refractivity contribution < 1.29 is 10.2 Å².